The maximum absolute atomic E-state index is 13.3. The Kier molecular flexibility index (Phi) is 3.85. The highest BCUT2D eigenvalue weighted by Crippen LogP contribution is 2.37. The van der Waals surface area contributed by atoms with Crippen molar-refractivity contribution in [2.75, 3.05) is 5.73 Å². The first kappa shape index (κ1) is 14.3. The van der Waals surface area contributed by atoms with Crippen LogP contribution in [0.2, 0.25) is 0 Å². The molecule has 0 bridgehead atoms. The summed E-state index contributed by atoms with van der Waals surface area (Å²) in [5.41, 5.74) is 5.98. The molecule has 1 aromatic rings. The highest BCUT2D eigenvalue weighted by molar-refractivity contribution is 9.10. The summed E-state index contributed by atoms with van der Waals surface area (Å²) in [6, 6.07) is 2.75. The van der Waals surface area contributed by atoms with Crippen LogP contribution in [0.25, 0.3) is 0 Å². The van der Waals surface area contributed by atoms with Crippen LogP contribution in [0.3, 0.4) is 0 Å². The van der Waals surface area contributed by atoms with Gasteiger partial charge in [0.25, 0.3) is 5.91 Å². The van der Waals surface area contributed by atoms with Gasteiger partial charge in [0.1, 0.15) is 5.82 Å². The molecule has 1 amide bonds. The summed E-state index contributed by atoms with van der Waals surface area (Å²) >= 11 is 3.20. The molecule has 1 unspecified atom stereocenters. The van der Waals surface area contributed by atoms with Gasteiger partial charge in [0.15, 0.2) is 0 Å². The van der Waals surface area contributed by atoms with Crippen LogP contribution in [-0.4, -0.2) is 11.9 Å². The molecule has 0 aliphatic heterocycles. The van der Waals surface area contributed by atoms with Crippen LogP contribution in [0, 0.1) is 11.2 Å². The van der Waals surface area contributed by atoms with Gasteiger partial charge in [0.2, 0.25) is 0 Å². The van der Waals surface area contributed by atoms with Crippen LogP contribution in [0.4, 0.5) is 10.1 Å². The van der Waals surface area contributed by atoms with Gasteiger partial charge in [-0.3, -0.25) is 4.79 Å². The van der Waals surface area contributed by atoms with E-state index in [9.17, 15) is 9.18 Å². The molecule has 104 valence electrons. The molecule has 1 aliphatic carbocycles. The van der Waals surface area contributed by atoms with Gasteiger partial charge in [-0.25, -0.2) is 4.39 Å². The third-order valence-electron chi connectivity index (χ3n) is 3.89. The van der Waals surface area contributed by atoms with Crippen molar-refractivity contribution in [1.29, 1.82) is 0 Å². The second-order valence-electron chi connectivity index (χ2n) is 5.76. The molecule has 3 nitrogen and oxygen atoms in total. The van der Waals surface area contributed by atoms with Crippen molar-refractivity contribution in [3.05, 3.63) is 28.0 Å². The zero-order valence-electron chi connectivity index (χ0n) is 11.1. The number of carbonyl (C=O) groups is 1. The predicted molar refractivity (Wildman–Crippen MR) is 77.4 cm³/mol. The van der Waals surface area contributed by atoms with Crippen LogP contribution in [0.15, 0.2) is 16.6 Å². The van der Waals surface area contributed by atoms with Crippen molar-refractivity contribution in [1.82, 2.24) is 5.32 Å². The molecule has 5 heteroatoms. The molecule has 0 radical (unpaired) electrons. The molecule has 0 saturated heterocycles. The molecule has 0 spiro atoms. The summed E-state index contributed by atoms with van der Waals surface area (Å²) in [6.07, 6.45) is 3.20. The van der Waals surface area contributed by atoms with Gasteiger partial charge < -0.3 is 11.1 Å². The molecule has 1 aliphatic rings. The fourth-order valence-electron chi connectivity index (χ4n) is 2.57. The minimum absolute atomic E-state index is 0.0148. The lowest BCUT2D eigenvalue weighted by molar-refractivity contribution is 0.0909. The van der Waals surface area contributed by atoms with Crippen molar-refractivity contribution in [3.8, 4) is 0 Å². The SMILES string of the molecule is CC1(C)CCCC1NC(=O)c1cc(N)c(F)cc1Br. The number of nitrogen functional groups attached to an aromatic ring is 1. The molecule has 1 saturated carbocycles. The lowest BCUT2D eigenvalue weighted by Crippen LogP contribution is -2.41. The lowest BCUT2D eigenvalue weighted by Gasteiger charge is -2.28. The van der Waals surface area contributed by atoms with Gasteiger partial charge >= 0.3 is 0 Å². The van der Waals surface area contributed by atoms with Crippen molar-refractivity contribution in [3.63, 3.8) is 0 Å². The molecule has 19 heavy (non-hydrogen) atoms. The highest BCUT2D eigenvalue weighted by Gasteiger charge is 2.35. The van der Waals surface area contributed by atoms with Gasteiger partial charge in [0.05, 0.1) is 11.3 Å². The first-order valence-electron chi connectivity index (χ1n) is 6.36. The number of benzene rings is 1. The van der Waals surface area contributed by atoms with Crippen LogP contribution in [0.1, 0.15) is 43.5 Å². The fraction of sp³-hybridized carbons (Fsp3) is 0.500. The number of nitrogens with one attached hydrogen (secondary N) is 1. The summed E-state index contributed by atoms with van der Waals surface area (Å²) in [5, 5.41) is 3.03. The van der Waals surface area contributed by atoms with E-state index in [0.29, 0.717) is 10.0 Å². The second kappa shape index (κ2) is 5.12. The molecular weight excluding hydrogens is 311 g/mol. The van der Waals surface area contributed by atoms with Crippen molar-refractivity contribution in [2.45, 2.75) is 39.2 Å². The summed E-state index contributed by atoms with van der Waals surface area (Å²) in [5.74, 6) is -0.733. The molecular formula is C14H18BrFN2O. The van der Waals surface area contributed by atoms with E-state index in [1.165, 1.54) is 12.1 Å². The van der Waals surface area contributed by atoms with E-state index >= 15 is 0 Å². The van der Waals surface area contributed by atoms with Gasteiger partial charge in [-0.15, -0.1) is 0 Å². The van der Waals surface area contributed by atoms with Gasteiger partial charge in [-0.05, 0) is 46.3 Å². The maximum Gasteiger partial charge on any atom is 0.252 e. The van der Waals surface area contributed by atoms with Crippen LogP contribution < -0.4 is 11.1 Å². The summed E-state index contributed by atoms with van der Waals surface area (Å²) in [6.45, 7) is 4.30. The Balaban J connectivity index is 2.19. The first-order valence-corrected chi connectivity index (χ1v) is 7.16. The Hall–Kier alpha value is -1.10. The lowest BCUT2D eigenvalue weighted by atomic mass is 9.87. The Morgan fingerprint density at radius 2 is 2.21 bits per heavy atom. The van der Waals surface area contributed by atoms with E-state index in [0.717, 1.165) is 19.3 Å². The minimum atomic E-state index is -0.523. The molecule has 3 N–H and O–H groups in total. The van der Waals surface area contributed by atoms with Crippen molar-refractivity contribution >= 4 is 27.5 Å². The topological polar surface area (TPSA) is 55.1 Å². The Morgan fingerprint density at radius 1 is 1.53 bits per heavy atom. The highest BCUT2D eigenvalue weighted by atomic mass is 79.9. The third kappa shape index (κ3) is 2.91. The number of nitrogens with two attached hydrogens (primary N) is 1. The van der Waals surface area contributed by atoms with Crippen LogP contribution in [0.5, 0.6) is 0 Å². The van der Waals surface area contributed by atoms with Crippen LogP contribution >= 0.6 is 15.9 Å². The van der Waals surface area contributed by atoms with E-state index in [1.54, 1.807) is 0 Å². The Labute approximate surface area is 120 Å². The molecule has 1 atom stereocenters. The number of amides is 1. The predicted octanol–water partition coefficient (Wildman–Crippen LogP) is 3.48. The third-order valence-corrected chi connectivity index (χ3v) is 4.55. The maximum atomic E-state index is 13.3. The second-order valence-corrected chi connectivity index (χ2v) is 6.61. The molecule has 1 aromatic carbocycles. The molecule has 0 heterocycles. The summed E-state index contributed by atoms with van der Waals surface area (Å²) in [7, 11) is 0. The summed E-state index contributed by atoms with van der Waals surface area (Å²) in [4.78, 5) is 12.3. The molecule has 2 rings (SSSR count). The van der Waals surface area contributed by atoms with Gasteiger partial charge in [0, 0.05) is 10.5 Å². The smallest absolute Gasteiger partial charge is 0.252 e. The number of rotatable bonds is 2. The Bertz CT molecular complexity index is 516. The average molecular weight is 329 g/mol. The first-order chi connectivity index (χ1) is 8.81. The Morgan fingerprint density at radius 3 is 2.79 bits per heavy atom. The standard InChI is InChI=1S/C14H18BrFN2O/c1-14(2)5-3-4-12(14)18-13(19)8-6-11(17)10(16)7-9(8)15/h6-7,12H,3-5,17H2,1-2H3,(H,18,19). The number of hydrogen-bond acceptors (Lipinski definition) is 2. The average Bonchev–Trinajstić information content (AvgIpc) is 2.63. The molecule has 0 aromatic heterocycles. The van der Waals surface area contributed by atoms with Crippen molar-refractivity contribution in [2.24, 2.45) is 5.41 Å². The van der Waals surface area contributed by atoms with E-state index in [1.807, 2.05) is 0 Å². The van der Waals surface area contributed by atoms with E-state index in [2.05, 4.69) is 35.1 Å². The normalized spacial score (nSPS) is 21.4. The van der Waals surface area contributed by atoms with Crippen LogP contribution in [-0.2, 0) is 0 Å². The van der Waals surface area contributed by atoms with E-state index < -0.39 is 5.82 Å². The monoisotopic (exact) mass is 328 g/mol. The number of carbonyl (C=O) groups excluding carboxylic acids is 1. The number of hydrogen-bond donors (Lipinski definition) is 2. The summed E-state index contributed by atoms with van der Waals surface area (Å²) < 4.78 is 13.7. The zero-order chi connectivity index (χ0) is 14.2. The largest absolute Gasteiger partial charge is 0.396 e. The minimum Gasteiger partial charge on any atom is -0.396 e. The quantitative estimate of drug-likeness (QED) is 0.816. The fourth-order valence-corrected chi connectivity index (χ4v) is 3.07. The zero-order valence-corrected chi connectivity index (χ0v) is 12.7. The molecule has 1 fully saturated rings. The number of halogens is 2. The van der Waals surface area contributed by atoms with Gasteiger partial charge in [-0.1, -0.05) is 20.3 Å². The number of anilines is 1. The van der Waals surface area contributed by atoms with Crippen molar-refractivity contribution < 1.29 is 9.18 Å². The van der Waals surface area contributed by atoms with E-state index in [4.69, 9.17) is 5.73 Å². The van der Waals surface area contributed by atoms with Gasteiger partial charge in [-0.2, -0.15) is 0 Å². The van der Waals surface area contributed by atoms with E-state index in [-0.39, 0.29) is 23.1 Å².